The van der Waals surface area contributed by atoms with Crippen molar-refractivity contribution in [1.29, 1.82) is 0 Å². The van der Waals surface area contributed by atoms with Gasteiger partial charge in [0, 0.05) is 26.4 Å². The van der Waals surface area contributed by atoms with Gasteiger partial charge in [0.2, 0.25) is 11.8 Å². The average Bonchev–Trinajstić information content (AvgIpc) is 2.37. The fourth-order valence-electron chi connectivity index (χ4n) is 1.54. The molecule has 5 heteroatoms. The van der Waals surface area contributed by atoms with E-state index in [1.807, 2.05) is 0 Å². The first kappa shape index (κ1) is 15.2. The number of nitrogens with zero attached hydrogens (tertiary/aromatic N) is 1. The summed E-state index contributed by atoms with van der Waals surface area (Å²) >= 11 is 5.94. The molecule has 0 fully saturated rings. The van der Waals surface area contributed by atoms with Crippen molar-refractivity contribution in [1.82, 2.24) is 4.90 Å². The van der Waals surface area contributed by atoms with Gasteiger partial charge in [-0.3, -0.25) is 9.59 Å². The van der Waals surface area contributed by atoms with Crippen molar-refractivity contribution >= 4 is 29.1 Å². The highest BCUT2D eigenvalue weighted by Gasteiger charge is 2.10. The lowest BCUT2D eigenvalue weighted by Crippen LogP contribution is -2.32. The van der Waals surface area contributed by atoms with Gasteiger partial charge in [0.15, 0.2) is 0 Å². The van der Waals surface area contributed by atoms with E-state index in [1.165, 1.54) is 6.92 Å². The smallest absolute Gasteiger partial charge is 0.226 e. The third-order valence-corrected chi connectivity index (χ3v) is 2.88. The Labute approximate surface area is 118 Å². The van der Waals surface area contributed by atoms with Crippen molar-refractivity contribution in [2.45, 2.75) is 13.3 Å². The van der Waals surface area contributed by atoms with Crippen LogP contribution in [0.2, 0.25) is 5.02 Å². The summed E-state index contributed by atoms with van der Waals surface area (Å²) in [6.45, 7) is 5.84. The average molecular weight is 281 g/mol. The van der Waals surface area contributed by atoms with Crippen LogP contribution in [0.15, 0.2) is 36.9 Å². The van der Waals surface area contributed by atoms with E-state index >= 15 is 0 Å². The molecule has 0 unspecified atom stereocenters. The summed E-state index contributed by atoms with van der Waals surface area (Å²) in [6, 6.07) is 7.02. The van der Waals surface area contributed by atoms with Crippen LogP contribution in [0, 0.1) is 0 Å². The van der Waals surface area contributed by atoms with Crippen LogP contribution < -0.4 is 5.32 Å². The quantitative estimate of drug-likeness (QED) is 0.815. The van der Waals surface area contributed by atoms with Gasteiger partial charge < -0.3 is 10.2 Å². The van der Waals surface area contributed by atoms with Gasteiger partial charge in [0.05, 0.1) is 10.7 Å². The summed E-state index contributed by atoms with van der Waals surface area (Å²) in [5.74, 6) is -0.256. The summed E-state index contributed by atoms with van der Waals surface area (Å²) < 4.78 is 0. The zero-order chi connectivity index (χ0) is 14.3. The summed E-state index contributed by atoms with van der Waals surface area (Å²) in [7, 11) is 0. The number of para-hydroxylation sites is 1. The molecule has 1 rings (SSSR count). The number of halogens is 1. The van der Waals surface area contributed by atoms with Gasteiger partial charge in [-0.1, -0.05) is 29.8 Å². The van der Waals surface area contributed by atoms with E-state index in [9.17, 15) is 9.59 Å². The van der Waals surface area contributed by atoms with Crippen molar-refractivity contribution in [2.75, 3.05) is 18.4 Å². The number of amides is 2. The Balaban J connectivity index is 2.49. The second-order valence-electron chi connectivity index (χ2n) is 4.03. The second-order valence-corrected chi connectivity index (χ2v) is 4.44. The van der Waals surface area contributed by atoms with E-state index in [2.05, 4.69) is 11.9 Å². The van der Waals surface area contributed by atoms with E-state index in [4.69, 9.17) is 11.6 Å². The third-order valence-electron chi connectivity index (χ3n) is 2.55. The molecule has 1 aromatic rings. The van der Waals surface area contributed by atoms with Crippen molar-refractivity contribution in [3.05, 3.63) is 41.9 Å². The Hall–Kier alpha value is -1.81. The van der Waals surface area contributed by atoms with Gasteiger partial charge >= 0.3 is 0 Å². The molecule has 0 aliphatic rings. The van der Waals surface area contributed by atoms with Crippen LogP contribution in [0.5, 0.6) is 0 Å². The molecule has 0 aliphatic carbocycles. The molecule has 0 saturated heterocycles. The number of anilines is 1. The number of hydrogen-bond donors (Lipinski definition) is 1. The molecule has 0 aromatic heterocycles. The minimum atomic E-state index is -0.177. The molecule has 0 radical (unpaired) electrons. The molecule has 102 valence electrons. The van der Waals surface area contributed by atoms with E-state index in [1.54, 1.807) is 35.2 Å². The summed E-state index contributed by atoms with van der Waals surface area (Å²) in [5.41, 5.74) is 0.576. The molecular weight excluding hydrogens is 264 g/mol. The number of carbonyl (C=O) groups is 2. The van der Waals surface area contributed by atoms with E-state index in [-0.39, 0.29) is 18.2 Å². The normalized spacial score (nSPS) is 9.79. The van der Waals surface area contributed by atoms with Gasteiger partial charge in [-0.05, 0) is 12.1 Å². The molecular formula is C14H17ClN2O2. The molecule has 0 atom stereocenters. The Morgan fingerprint density at radius 3 is 2.68 bits per heavy atom. The summed E-state index contributed by atoms with van der Waals surface area (Å²) in [5, 5.41) is 3.20. The van der Waals surface area contributed by atoms with E-state index < -0.39 is 0 Å². The fourth-order valence-corrected chi connectivity index (χ4v) is 1.73. The van der Waals surface area contributed by atoms with Crippen LogP contribution in [0.25, 0.3) is 0 Å². The Morgan fingerprint density at radius 1 is 1.42 bits per heavy atom. The van der Waals surface area contributed by atoms with Gasteiger partial charge in [-0.15, -0.1) is 6.58 Å². The van der Waals surface area contributed by atoms with Gasteiger partial charge in [-0.25, -0.2) is 0 Å². The fraction of sp³-hybridized carbons (Fsp3) is 0.286. The predicted molar refractivity (Wildman–Crippen MR) is 77.1 cm³/mol. The minimum absolute atomic E-state index is 0.0783. The van der Waals surface area contributed by atoms with Crippen molar-refractivity contribution in [2.24, 2.45) is 0 Å². The molecule has 2 amide bonds. The summed E-state index contributed by atoms with van der Waals surface area (Å²) in [4.78, 5) is 24.6. The number of benzene rings is 1. The van der Waals surface area contributed by atoms with Crippen LogP contribution in [0.4, 0.5) is 5.69 Å². The zero-order valence-corrected chi connectivity index (χ0v) is 11.6. The Bertz CT molecular complexity index is 474. The zero-order valence-electron chi connectivity index (χ0n) is 10.9. The number of carbonyl (C=O) groups excluding carboxylic acids is 2. The van der Waals surface area contributed by atoms with Crippen molar-refractivity contribution in [3.8, 4) is 0 Å². The maximum absolute atomic E-state index is 11.8. The van der Waals surface area contributed by atoms with E-state index in [0.29, 0.717) is 23.8 Å². The van der Waals surface area contributed by atoms with Crippen LogP contribution in [-0.2, 0) is 9.59 Å². The molecule has 19 heavy (non-hydrogen) atoms. The van der Waals surface area contributed by atoms with Gasteiger partial charge in [0.25, 0.3) is 0 Å². The number of hydrogen-bond acceptors (Lipinski definition) is 2. The maximum atomic E-state index is 11.8. The van der Waals surface area contributed by atoms with Crippen LogP contribution in [0.3, 0.4) is 0 Å². The standard InChI is InChI=1S/C14H17ClN2O2/c1-3-9-17(11(2)18)10-8-14(19)16-13-7-5-4-6-12(13)15/h3-7H,1,8-10H2,2H3,(H,16,19). The molecule has 0 spiro atoms. The highest BCUT2D eigenvalue weighted by molar-refractivity contribution is 6.33. The van der Waals surface area contributed by atoms with Gasteiger partial charge in [0.1, 0.15) is 0 Å². The first-order chi connectivity index (χ1) is 9.04. The highest BCUT2D eigenvalue weighted by atomic mass is 35.5. The van der Waals surface area contributed by atoms with E-state index in [0.717, 1.165) is 0 Å². The molecule has 0 bridgehead atoms. The van der Waals surface area contributed by atoms with Crippen LogP contribution in [-0.4, -0.2) is 29.8 Å². The minimum Gasteiger partial charge on any atom is -0.339 e. The van der Waals surface area contributed by atoms with Crippen molar-refractivity contribution in [3.63, 3.8) is 0 Å². The first-order valence-electron chi connectivity index (χ1n) is 5.95. The maximum Gasteiger partial charge on any atom is 0.226 e. The number of rotatable bonds is 6. The second kappa shape index (κ2) is 7.59. The SMILES string of the molecule is C=CCN(CCC(=O)Nc1ccccc1Cl)C(C)=O. The molecule has 1 N–H and O–H groups in total. The predicted octanol–water partition coefficient (Wildman–Crippen LogP) is 2.70. The highest BCUT2D eigenvalue weighted by Crippen LogP contribution is 2.20. The molecule has 0 aliphatic heterocycles. The third kappa shape index (κ3) is 5.14. The summed E-state index contributed by atoms with van der Waals surface area (Å²) in [6.07, 6.45) is 1.85. The molecule has 0 heterocycles. The molecule has 0 saturated carbocycles. The number of nitrogens with one attached hydrogen (secondary N) is 1. The van der Waals surface area contributed by atoms with Gasteiger partial charge in [-0.2, -0.15) is 0 Å². The Morgan fingerprint density at radius 2 is 2.11 bits per heavy atom. The van der Waals surface area contributed by atoms with Crippen LogP contribution in [0.1, 0.15) is 13.3 Å². The lowest BCUT2D eigenvalue weighted by molar-refractivity contribution is -0.128. The van der Waals surface area contributed by atoms with Crippen LogP contribution >= 0.6 is 11.6 Å². The largest absolute Gasteiger partial charge is 0.339 e. The lowest BCUT2D eigenvalue weighted by atomic mass is 10.3. The molecule has 1 aromatic carbocycles. The van der Waals surface area contributed by atoms with Crippen molar-refractivity contribution < 1.29 is 9.59 Å². The first-order valence-corrected chi connectivity index (χ1v) is 6.33. The Kier molecular flexibility index (Phi) is 6.09. The molecule has 4 nitrogen and oxygen atoms in total. The monoisotopic (exact) mass is 280 g/mol. The topological polar surface area (TPSA) is 49.4 Å². The lowest BCUT2D eigenvalue weighted by Gasteiger charge is -2.18.